The number of esters is 3. The molecule has 1 saturated heterocycles. The predicted octanol–water partition coefficient (Wildman–Crippen LogP) is 1.28. The van der Waals surface area contributed by atoms with Crippen molar-refractivity contribution >= 4 is 24.1 Å². The minimum Gasteiger partial charge on any atom is -0.459 e. The molecule has 2 rings (SSSR count). The van der Waals surface area contributed by atoms with Crippen LogP contribution < -0.4 is 11.2 Å². The van der Waals surface area contributed by atoms with E-state index in [4.69, 9.17) is 18.9 Å². The average Bonchev–Trinajstić information content (AvgIpc) is 3.12. The highest BCUT2D eigenvalue weighted by molar-refractivity contribution is 5.73. The number of nitrogens with zero attached hydrogens (tertiary/aromatic N) is 2. The molecule has 1 aromatic rings. The van der Waals surface area contributed by atoms with Gasteiger partial charge in [0.05, 0.1) is 24.9 Å². The van der Waals surface area contributed by atoms with Gasteiger partial charge in [0.15, 0.2) is 25.7 Å². The normalized spacial score (nSPS) is 22.6. The van der Waals surface area contributed by atoms with Crippen LogP contribution in [0.1, 0.15) is 47.8 Å². The van der Waals surface area contributed by atoms with E-state index in [2.05, 4.69) is 9.47 Å². The van der Waals surface area contributed by atoms with Gasteiger partial charge in [-0.1, -0.05) is 41.5 Å². The number of carbonyl (C=O) groups excluding carboxylic acids is 4. The summed E-state index contributed by atoms with van der Waals surface area (Å²) in [5, 5.41) is 0. The van der Waals surface area contributed by atoms with E-state index in [0.717, 1.165) is 19.4 Å². The molecule has 1 aromatic heterocycles. The summed E-state index contributed by atoms with van der Waals surface area (Å²) in [7, 11) is 1.01. The summed E-state index contributed by atoms with van der Waals surface area (Å²) < 4.78 is 47.9. The smallest absolute Gasteiger partial charge is 0.459 e. The fourth-order valence-electron chi connectivity index (χ4n) is 3.22. The zero-order valence-corrected chi connectivity index (χ0v) is 22.7. The van der Waals surface area contributed by atoms with Crippen molar-refractivity contribution in [1.29, 1.82) is 0 Å². The van der Waals surface area contributed by atoms with Crippen molar-refractivity contribution in [3.63, 3.8) is 0 Å². The number of methoxy groups -OCH3 is 1. The van der Waals surface area contributed by atoms with Crippen molar-refractivity contribution in [2.75, 3.05) is 13.7 Å². The van der Waals surface area contributed by atoms with Crippen LogP contribution in [0, 0.1) is 17.8 Å². The number of alkyl halides is 1. The summed E-state index contributed by atoms with van der Waals surface area (Å²) >= 11 is 0. The SMILES string of the molecule is COC(=O)OCn1c(=O)ccn([C@@H]2O[C@](F)(COC(=O)C(C)C)[C@@H](OC(=O)C(C)C)[C@H]2OC(=O)C(C)C)c1=O. The summed E-state index contributed by atoms with van der Waals surface area (Å²) in [4.78, 5) is 74.0. The Hall–Kier alpha value is -3.75. The first-order valence-corrected chi connectivity index (χ1v) is 12.1. The number of ether oxygens (including phenoxy) is 6. The number of carbonyl (C=O) groups is 4. The van der Waals surface area contributed by atoms with Gasteiger partial charge < -0.3 is 28.4 Å². The quantitative estimate of drug-likeness (QED) is 0.297. The Morgan fingerprint density at radius 1 is 0.949 bits per heavy atom. The molecule has 0 aromatic carbocycles. The Kier molecular flexibility index (Phi) is 10.4. The summed E-state index contributed by atoms with van der Waals surface area (Å²) in [6.45, 7) is 7.01. The predicted molar refractivity (Wildman–Crippen MR) is 128 cm³/mol. The first kappa shape index (κ1) is 31.5. The minimum absolute atomic E-state index is 0.466. The monoisotopic (exact) mass is 560 g/mol. The Morgan fingerprint density at radius 3 is 2.05 bits per heavy atom. The lowest BCUT2D eigenvalue weighted by Crippen LogP contribution is -2.49. The van der Waals surface area contributed by atoms with Gasteiger partial charge in [0.2, 0.25) is 6.10 Å². The van der Waals surface area contributed by atoms with Crippen molar-refractivity contribution in [3.8, 4) is 0 Å². The van der Waals surface area contributed by atoms with Crippen molar-refractivity contribution < 1.29 is 52.0 Å². The lowest BCUT2D eigenvalue weighted by Gasteiger charge is -2.28. The van der Waals surface area contributed by atoms with E-state index in [1.54, 1.807) is 0 Å². The van der Waals surface area contributed by atoms with Crippen LogP contribution in [-0.2, 0) is 49.5 Å². The van der Waals surface area contributed by atoms with E-state index in [1.807, 2.05) is 0 Å². The van der Waals surface area contributed by atoms with Crippen LogP contribution in [0.5, 0.6) is 0 Å². The standard InChI is InChI=1S/C24H33FN2O12/c1-12(2)19(29)35-10-24(25)17(38-21(31)14(5)6)16(37-20(30)13(3)4)18(39-24)26-9-8-15(28)27(22(26)32)11-36-23(33)34-7/h8-9,12-14,16-18H,10-11H2,1-7H3/t16-,17+,18-,24-/m1/s1. The van der Waals surface area contributed by atoms with E-state index in [0.29, 0.717) is 9.13 Å². The summed E-state index contributed by atoms with van der Waals surface area (Å²) in [6.07, 6.45) is -5.81. The molecule has 15 heteroatoms. The molecule has 2 heterocycles. The molecule has 1 aliphatic rings. The van der Waals surface area contributed by atoms with E-state index in [1.165, 1.54) is 41.5 Å². The second-order valence-electron chi connectivity index (χ2n) is 9.62. The Balaban J connectivity index is 2.64. The van der Waals surface area contributed by atoms with Gasteiger partial charge in [0.25, 0.3) is 11.4 Å². The van der Waals surface area contributed by atoms with E-state index < -0.39 is 90.7 Å². The first-order valence-electron chi connectivity index (χ1n) is 12.1. The minimum atomic E-state index is -3.08. The molecule has 0 radical (unpaired) electrons. The molecule has 14 nitrogen and oxygen atoms in total. The van der Waals surface area contributed by atoms with Gasteiger partial charge in [0, 0.05) is 12.3 Å². The molecule has 0 unspecified atom stereocenters. The van der Waals surface area contributed by atoms with Crippen molar-refractivity contribution in [2.45, 2.75) is 72.6 Å². The Bertz CT molecular complexity index is 1190. The number of halogens is 1. The molecule has 0 N–H and O–H groups in total. The molecular weight excluding hydrogens is 527 g/mol. The molecular formula is C24H33FN2O12. The van der Waals surface area contributed by atoms with Gasteiger partial charge in [-0.15, -0.1) is 0 Å². The van der Waals surface area contributed by atoms with Crippen LogP contribution in [0.4, 0.5) is 9.18 Å². The topological polar surface area (TPSA) is 168 Å². The highest BCUT2D eigenvalue weighted by Crippen LogP contribution is 2.42. The highest BCUT2D eigenvalue weighted by atomic mass is 19.2. The van der Waals surface area contributed by atoms with E-state index >= 15 is 4.39 Å². The zero-order valence-electron chi connectivity index (χ0n) is 22.7. The molecule has 218 valence electrons. The van der Waals surface area contributed by atoms with Crippen LogP contribution in [0.15, 0.2) is 21.9 Å². The second kappa shape index (κ2) is 12.9. The van der Waals surface area contributed by atoms with Gasteiger partial charge in [-0.05, 0) is 0 Å². The van der Waals surface area contributed by atoms with Crippen molar-refractivity contribution in [2.24, 2.45) is 17.8 Å². The molecule has 1 aliphatic heterocycles. The molecule has 0 spiro atoms. The van der Waals surface area contributed by atoms with Gasteiger partial charge in [-0.2, -0.15) is 0 Å². The lowest BCUT2D eigenvalue weighted by molar-refractivity contribution is -0.226. The first-order chi connectivity index (χ1) is 18.1. The maximum absolute atomic E-state index is 16.4. The average molecular weight is 561 g/mol. The van der Waals surface area contributed by atoms with Gasteiger partial charge in [0.1, 0.15) is 0 Å². The molecule has 0 bridgehead atoms. The second-order valence-corrected chi connectivity index (χ2v) is 9.62. The van der Waals surface area contributed by atoms with Crippen LogP contribution in [0.25, 0.3) is 0 Å². The summed E-state index contributed by atoms with van der Waals surface area (Å²) in [5.41, 5.74) is -2.05. The fourth-order valence-corrected chi connectivity index (χ4v) is 3.22. The summed E-state index contributed by atoms with van der Waals surface area (Å²) in [5.74, 6) is -7.72. The van der Waals surface area contributed by atoms with Crippen LogP contribution >= 0.6 is 0 Å². The molecule has 1 fully saturated rings. The Morgan fingerprint density at radius 2 is 1.51 bits per heavy atom. The molecule has 0 saturated carbocycles. The molecule has 0 aliphatic carbocycles. The molecule has 4 atom stereocenters. The molecule has 0 amide bonds. The van der Waals surface area contributed by atoms with E-state index in [-0.39, 0.29) is 0 Å². The van der Waals surface area contributed by atoms with Crippen LogP contribution in [-0.4, -0.2) is 65.0 Å². The van der Waals surface area contributed by atoms with Crippen molar-refractivity contribution in [3.05, 3.63) is 33.1 Å². The van der Waals surface area contributed by atoms with Crippen LogP contribution in [0.3, 0.4) is 0 Å². The number of rotatable bonds is 10. The van der Waals surface area contributed by atoms with Crippen molar-refractivity contribution in [1.82, 2.24) is 9.13 Å². The third-order valence-electron chi connectivity index (χ3n) is 5.49. The molecule has 39 heavy (non-hydrogen) atoms. The van der Waals surface area contributed by atoms with Gasteiger partial charge in [-0.25, -0.2) is 18.5 Å². The maximum Gasteiger partial charge on any atom is 0.509 e. The maximum atomic E-state index is 16.4. The van der Waals surface area contributed by atoms with E-state index in [9.17, 15) is 28.8 Å². The van der Waals surface area contributed by atoms with Crippen LogP contribution in [0.2, 0.25) is 0 Å². The Labute approximate surface area is 222 Å². The zero-order chi connectivity index (χ0) is 29.7. The lowest BCUT2D eigenvalue weighted by atomic mass is 10.1. The number of aromatic nitrogens is 2. The third kappa shape index (κ3) is 7.43. The number of hydrogen-bond donors (Lipinski definition) is 0. The number of hydrogen-bond acceptors (Lipinski definition) is 12. The highest BCUT2D eigenvalue weighted by Gasteiger charge is 2.62. The van der Waals surface area contributed by atoms with Gasteiger partial charge >= 0.3 is 29.8 Å². The summed E-state index contributed by atoms with van der Waals surface area (Å²) in [6, 6.07) is 0.888. The fraction of sp³-hybridized carbons (Fsp3) is 0.667. The largest absolute Gasteiger partial charge is 0.509 e. The third-order valence-corrected chi connectivity index (χ3v) is 5.49. The van der Waals surface area contributed by atoms with Gasteiger partial charge in [-0.3, -0.25) is 23.7 Å².